The number of rotatable bonds is 23. The summed E-state index contributed by atoms with van der Waals surface area (Å²) in [5.74, 6) is -5.44. The fourth-order valence-corrected chi connectivity index (χ4v) is 4.70. The van der Waals surface area contributed by atoms with Gasteiger partial charge in [0, 0.05) is 12.6 Å². The molecule has 2 rings (SSSR count). The number of ether oxygens (including phenoxy) is 1. The number of non-ortho nitro benzene ring substituents is 1. The van der Waals surface area contributed by atoms with Crippen molar-refractivity contribution in [1.82, 2.24) is 21.3 Å². The van der Waals surface area contributed by atoms with Crippen molar-refractivity contribution in [3.63, 3.8) is 0 Å². The maximum atomic E-state index is 13.1. The number of benzene rings is 2. The number of aliphatic hydroxyl groups excluding tert-OH is 1. The van der Waals surface area contributed by atoms with Gasteiger partial charge >= 0.3 is 5.97 Å². The standard InChI is InChI=1S/C33H44N8O12/c1-20(2)14-23(34)31(46)37-16-28(43)36-17-29(44)38-26(18-42)32(47)39-25(30(45)33(48)53-19-21-8-4-3-5-9-21)10-6-7-13-35-24-12-11-22(40(49)50)15-27(24)41(51)52/h3-5,8-9,11-12,15,20,23,25-26,35,42H,6-7,10,13-14,16-19,34H2,1-2H3,(H,36,43)(H,37,46)(H,38,44)(H,39,47)/t23-,25-,26-/m0/s1. The first kappa shape index (κ1) is 43.1. The van der Waals surface area contributed by atoms with Crippen molar-refractivity contribution >= 4 is 52.4 Å². The van der Waals surface area contributed by atoms with E-state index in [-0.39, 0.29) is 44.0 Å². The summed E-state index contributed by atoms with van der Waals surface area (Å²) in [6, 6.07) is 7.65. The number of nitrogens with two attached hydrogens (primary N) is 1. The minimum absolute atomic E-state index is 0.0133. The van der Waals surface area contributed by atoms with E-state index in [0.29, 0.717) is 12.0 Å². The number of anilines is 1. The van der Waals surface area contributed by atoms with Crippen molar-refractivity contribution in [2.45, 2.75) is 64.3 Å². The molecule has 0 aliphatic carbocycles. The molecule has 2 aromatic rings. The predicted molar refractivity (Wildman–Crippen MR) is 188 cm³/mol. The van der Waals surface area contributed by atoms with Gasteiger partial charge in [-0.25, -0.2) is 4.79 Å². The van der Waals surface area contributed by atoms with E-state index in [1.807, 2.05) is 13.8 Å². The fourth-order valence-electron chi connectivity index (χ4n) is 4.70. The minimum atomic E-state index is -1.60. The van der Waals surface area contributed by atoms with Crippen LogP contribution >= 0.6 is 0 Å². The van der Waals surface area contributed by atoms with E-state index >= 15 is 0 Å². The van der Waals surface area contributed by atoms with Gasteiger partial charge in [-0.15, -0.1) is 0 Å². The van der Waals surface area contributed by atoms with E-state index < -0.39 is 94.4 Å². The van der Waals surface area contributed by atoms with E-state index in [2.05, 4.69) is 26.6 Å². The van der Waals surface area contributed by atoms with Crippen LogP contribution in [0.15, 0.2) is 48.5 Å². The van der Waals surface area contributed by atoms with Crippen molar-refractivity contribution in [1.29, 1.82) is 0 Å². The van der Waals surface area contributed by atoms with Crippen molar-refractivity contribution in [2.75, 3.05) is 31.6 Å². The van der Waals surface area contributed by atoms with Gasteiger partial charge in [-0.3, -0.25) is 44.2 Å². The van der Waals surface area contributed by atoms with Gasteiger partial charge in [0.05, 0.1) is 47.7 Å². The molecule has 288 valence electrons. The third-order valence-corrected chi connectivity index (χ3v) is 7.44. The van der Waals surface area contributed by atoms with Crippen LogP contribution in [-0.2, 0) is 40.1 Å². The van der Waals surface area contributed by atoms with Crippen LogP contribution in [0.3, 0.4) is 0 Å². The van der Waals surface area contributed by atoms with Gasteiger partial charge in [0.15, 0.2) is 0 Å². The number of ketones is 1. The molecule has 0 aromatic heterocycles. The molecule has 8 N–H and O–H groups in total. The van der Waals surface area contributed by atoms with Gasteiger partial charge in [0.1, 0.15) is 18.3 Å². The molecule has 0 saturated carbocycles. The highest BCUT2D eigenvalue weighted by Crippen LogP contribution is 2.29. The lowest BCUT2D eigenvalue weighted by Gasteiger charge is -2.21. The fraction of sp³-hybridized carbons (Fsp3) is 0.455. The van der Waals surface area contributed by atoms with E-state index in [1.165, 1.54) is 6.07 Å². The number of hydrogen-bond donors (Lipinski definition) is 7. The van der Waals surface area contributed by atoms with Crippen molar-refractivity contribution in [3.05, 3.63) is 74.3 Å². The lowest BCUT2D eigenvalue weighted by molar-refractivity contribution is -0.393. The second-order valence-electron chi connectivity index (χ2n) is 12.2. The first-order valence-electron chi connectivity index (χ1n) is 16.5. The summed E-state index contributed by atoms with van der Waals surface area (Å²) in [7, 11) is 0. The van der Waals surface area contributed by atoms with Crippen molar-refractivity contribution < 1.29 is 48.5 Å². The second-order valence-corrected chi connectivity index (χ2v) is 12.2. The number of nitro groups is 2. The molecule has 3 atom stereocenters. The molecular formula is C33H44N8O12. The number of amides is 4. The normalized spacial score (nSPS) is 12.4. The number of nitrogens with one attached hydrogen (secondary N) is 5. The summed E-state index contributed by atoms with van der Waals surface area (Å²) in [6.07, 6.45) is 0.675. The summed E-state index contributed by atoms with van der Waals surface area (Å²) in [5.41, 5.74) is 5.38. The third-order valence-electron chi connectivity index (χ3n) is 7.44. The van der Waals surface area contributed by atoms with Crippen LogP contribution in [0.25, 0.3) is 0 Å². The number of esters is 1. The first-order chi connectivity index (χ1) is 25.1. The zero-order valence-corrected chi connectivity index (χ0v) is 29.2. The molecule has 20 heteroatoms. The number of Topliss-reactive ketones (excluding diaryl/α,β-unsaturated/α-hetero) is 1. The molecule has 20 nitrogen and oxygen atoms in total. The van der Waals surface area contributed by atoms with Crippen molar-refractivity contribution in [3.8, 4) is 0 Å². The number of nitrogens with zero attached hydrogens (tertiary/aromatic N) is 2. The number of unbranched alkanes of at least 4 members (excludes halogenated alkanes) is 1. The number of aliphatic hydroxyl groups is 1. The molecule has 0 spiro atoms. The monoisotopic (exact) mass is 744 g/mol. The maximum absolute atomic E-state index is 13.1. The minimum Gasteiger partial charge on any atom is -0.455 e. The SMILES string of the molecule is CC(C)C[C@H](N)C(=O)NCC(=O)NCC(=O)N[C@@H](CO)C(=O)N[C@@H](CCCCNc1ccc([N+](=O)[O-])cc1[N+](=O)[O-])C(=O)C(=O)OCc1ccccc1. The molecule has 0 saturated heterocycles. The second kappa shape index (κ2) is 22.0. The van der Waals surface area contributed by atoms with Crippen LogP contribution in [0, 0.1) is 26.1 Å². The van der Waals surface area contributed by atoms with Gasteiger partial charge in [-0.05, 0) is 43.2 Å². The highest BCUT2D eigenvalue weighted by atomic mass is 16.6. The van der Waals surface area contributed by atoms with Gasteiger partial charge in [0.25, 0.3) is 17.2 Å². The molecule has 0 bridgehead atoms. The van der Waals surface area contributed by atoms with Gasteiger partial charge in [0.2, 0.25) is 23.6 Å². The lowest BCUT2D eigenvalue weighted by Crippen LogP contribution is -2.55. The Hall–Kier alpha value is -6.02. The molecule has 0 unspecified atom stereocenters. The molecule has 0 aliphatic heterocycles. The molecule has 0 fully saturated rings. The Morgan fingerprint density at radius 3 is 2.15 bits per heavy atom. The van der Waals surface area contributed by atoms with E-state index in [1.54, 1.807) is 30.3 Å². The topological polar surface area (TPSA) is 304 Å². The van der Waals surface area contributed by atoms with Crippen molar-refractivity contribution in [2.24, 2.45) is 11.7 Å². The highest BCUT2D eigenvalue weighted by Gasteiger charge is 2.31. The summed E-state index contributed by atoms with van der Waals surface area (Å²) in [6.45, 7) is 1.59. The number of hydrogen-bond acceptors (Lipinski definition) is 14. The average molecular weight is 745 g/mol. The average Bonchev–Trinajstić information content (AvgIpc) is 3.12. The van der Waals surface area contributed by atoms with E-state index in [4.69, 9.17) is 10.5 Å². The number of nitro benzene ring substituents is 2. The molecule has 0 aliphatic rings. The number of carbonyl (C=O) groups is 6. The Morgan fingerprint density at radius 2 is 1.53 bits per heavy atom. The zero-order valence-electron chi connectivity index (χ0n) is 29.2. The first-order valence-corrected chi connectivity index (χ1v) is 16.5. The Morgan fingerprint density at radius 1 is 0.849 bits per heavy atom. The van der Waals surface area contributed by atoms with Gasteiger partial charge < -0.3 is 42.2 Å². The Balaban J connectivity index is 2.00. The number of carbonyl (C=O) groups excluding carboxylic acids is 6. The van der Waals surface area contributed by atoms with Crippen LogP contribution < -0.4 is 32.3 Å². The molecule has 4 amide bonds. The quantitative estimate of drug-likeness (QED) is 0.0258. The van der Waals surface area contributed by atoms with Crippen LogP contribution in [0.1, 0.15) is 45.1 Å². The lowest BCUT2D eigenvalue weighted by atomic mass is 10.0. The Kier molecular flexibility index (Phi) is 17.9. The smallest absolute Gasteiger partial charge is 0.377 e. The zero-order chi connectivity index (χ0) is 39.5. The highest BCUT2D eigenvalue weighted by molar-refractivity contribution is 6.36. The molecule has 2 aromatic carbocycles. The summed E-state index contributed by atoms with van der Waals surface area (Å²) in [5, 5.41) is 44.2. The molecule has 0 radical (unpaired) electrons. The van der Waals surface area contributed by atoms with Crippen LogP contribution in [0.2, 0.25) is 0 Å². The summed E-state index contributed by atoms with van der Waals surface area (Å²) >= 11 is 0. The largest absolute Gasteiger partial charge is 0.455 e. The predicted octanol–water partition coefficient (Wildman–Crippen LogP) is -0.0346. The van der Waals surface area contributed by atoms with Crippen LogP contribution in [-0.4, -0.2) is 94.7 Å². The summed E-state index contributed by atoms with van der Waals surface area (Å²) < 4.78 is 5.11. The van der Waals surface area contributed by atoms with E-state index in [9.17, 15) is 54.1 Å². The van der Waals surface area contributed by atoms with Gasteiger partial charge in [-0.1, -0.05) is 44.2 Å². The summed E-state index contributed by atoms with van der Waals surface area (Å²) in [4.78, 5) is 96.4. The Bertz CT molecular complexity index is 1620. The van der Waals surface area contributed by atoms with Crippen LogP contribution in [0.4, 0.5) is 17.1 Å². The molecular weight excluding hydrogens is 700 g/mol. The molecule has 0 heterocycles. The molecule has 53 heavy (non-hydrogen) atoms. The maximum Gasteiger partial charge on any atom is 0.377 e. The Labute approximate surface area is 303 Å². The van der Waals surface area contributed by atoms with Gasteiger partial charge in [-0.2, -0.15) is 0 Å². The van der Waals surface area contributed by atoms with E-state index in [0.717, 1.165) is 12.1 Å². The third kappa shape index (κ3) is 15.4. The van der Waals surface area contributed by atoms with Crippen LogP contribution in [0.5, 0.6) is 0 Å².